The molecule has 0 aliphatic rings. The van der Waals surface area contributed by atoms with Crippen molar-refractivity contribution in [2.45, 2.75) is 26.0 Å². The number of hydrogen-bond acceptors (Lipinski definition) is 2. The molecule has 2 aromatic heterocycles. The summed E-state index contributed by atoms with van der Waals surface area (Å²) in [4.78, 5) is 4.67. The van der Waals surface area contributed by atoms with Crippen LogP contribution in [-0.2, 0) is 5.21 Å². The number of hydrogen-bond donors (Lipinski definition) is 0. The molecular formula is C26H25B2NO. The Kier molecular flexibility index (Phi) is 4.12. The summed E-state index contributed by atoms with van der Waals surface area (Å²) < 4.78 is 6.25. The number of pyridine rings is 1. The number of aromatic nitrogens is 1. The molecule has 0 bridgehead atoms. The van der Waals surface area contributed by atoms with Gasteiger partial charge in [-0.1, -0.05) is 61.9 Å². The van der Waals surface area contributed by atoms with Crippen LogP contribution in [-0.4, -0.2) is 20.7 Å². The van der Waals surface area contributed by atoms with E-state index in [0.717, 1.165) is 33.2 Å². The Labute approximate surface area is 179 Å². The number of rotatable bonds is 2. The fourth-order valence-corrected chi connectivity index (χ4v) is 4.03. The molecule has 0 saturated carbocycles. The van der Waals surface area contributed by atoms with Gasteiger partial charge in [-0.05, 0) is 52.6 Å². The van der Waals surface area contributed by atoms with E-state index in [1.165, 1.54) is 16.3 Å². The molecule has 0 amide bonds. The lowest BCUT2D eigenvalue weighted by Crippen LogP contribution is -2.41. The fourth-order valence-electron chi connectivity index (χ4n) is 4.03. The standard InChI is InChI=1S/C26H25B2NO/c1-25(2,3)26(27,28)19-10-11-29-22(15-19)18-8-9-20-21-12-16-6-4-5-7-17(16)13-24(21)30-23(20)14-18/h4-15H,27-28H2,1-3H3. The smallest absolute Gasteiger partial charge is 0.136 e. The molecule has 0 atom stereocenters. The number of fused-ring (bicyclic) bond motifs is 4. The zero-order valence-corrected chi connectivity index (χ0v) is 18.3. The van der Waals surface area contributed by atoms with E-state index in [9.17, 15) is 0 Å². The monoisotopic (exact) mass is 389 g/mol. The first kappa shape index (κ1) is 19.0. The van der Waals surface area contributed by atoms with Gasteiger partial charge in [0.05, 0.1) is 5.69 Å². The van der Waals surface area contributed by atoms with Crippen LogP contribution in [0.2, 0.25) is 0 Å². The zero-order chi connectivity index (χ0) is 21.1. The van der Waals surface area contributed by atoms with Gasteiger partial charge in [-0.3, -0.25) is 4.98 Å². The van der Waals surface area contributed by atoms with Crippen molar-refractivity contribution >= 4 is 48.4 Å². The molecule has 2 heterocycles. The third kappa shape index (κ3) is 2.94. The van der Waals surface area contributed by atoms with Gasteiger partial charge in [-0.15, -0.1) is 0 Å². The average molecular weight is 389 g/mol. The van der Waals surface area contributed by atoms with E-state index in [1.54, 1.807) is 0 Å². The Balaban J connectivity index is 1.64. The Morgan fingerprint density at radius 3 is 2.20 bits per heavy atom. The predicted molar refractivity (Wildman–Crippen MR) is 133 cm³/mol. The van der Waals surface area contributed by atoms with E-state index in [2.05, 4.69) is 108 Å². The predicted octanol–water partition coefficient (Wildman–Crippen LogP) is 5.27. The Hall–Kier alpha value is -3.00. The largest absolute Gasteiger partial charge is 0.456 e. The molecule has 30 heavy (non-hydrogen) atoms. The second-order valence-corrected chi connectivity index (χ2v) is 9.81. The highest BCUT2D eigenvalue weighted by atomic mass is 16.3. The van der Waals surface area contributed by atoms with Gasteiger partial charge in [0.25, 0.3) is 0 Å². The first-order chi connectivity index (χ1) is 14.2. The van der Waals surface area contributed by atoms with Crippen LogP contribution in [0.3, 0.4) is 0 Å². The van der Waals surface area contributed by atoms with Crippen LogP contribution >= 0.6 is 0 Å². The van der Waals surface area contributed by atoms with Crippen LogP contribution in [0.5, 0.6) is 0 Å². The summed E-state index contributed by atoms with van der Waals surface area (Å²) in [6.07, 6.45) is 1.92. The van der Waals surface area contributed by atoms with E-state index in [-0.39, 0.29) is 10.6 Å². The van der Waals surface area contributed by atoms with Crippen LogP contribution in [0.4, 0.5) is 0 Å². The van der Waals surface area contributed by atoms with Gasteiger partial charge in [-0.25, -0.2) is 0 Å². The Morgan fingerprint density at radius 2 is 1.47 bits per heavy atom. The van der Waals surface area contributed by atoms with Crippen LogP contribution in [0.1, 0.15) is 26.3 Å². The molecule has 0 radical (unpaired) electrons. The van der Waals surface area contributed by atoms with Crippen molar-refractivity contribution < 1.29 is 4.42 Å². The molecule has 0 aliphatic carbocycles. The van der Waals surface area contributed by atoms with Crippen LogP contribution in [0.15, 0.2) is 77.3 Å². The molecule has 5 rings (SSSR count). The molecule has 0 aliphatic heterocycles. The van der Waals surface area contributed by atoms with E-state index >= 15 is 0 Å². The summed E-state index contributed by atoms with van der Waals surface area (Å²) in [7, 11) is 4.61. The minimum Gasteiger partial charge on any atom is -0.456 e. The van der Waals surface area contributed by atoms with E-state index in [4.69, 9.17) is 4.42 Å². The molecule has 0 spiro atoms. The van der Waals surface area contributed by atoms with Crippen molar-refractivity contribution in [3.05, 3.63) is 78.5 Å². The lowest BCUT2D eigenvalue weighted by Gasteiger charge is -2.40. The van der Waals surface area contributed by atoms with Crippen molar-refractivity contribution in [2.24, 2.45) is 5.41 Å². The van der Waals surface area contributed by atoms with Crippen molar-refractivity contribution in [3.63, 3.8) is 0 Å². The Morgan fingerprint density at radius 1 is 0.767 bits per heavy atom. The number of furan rings is 1. The maximum Gasteiger partial charge on any atom is 0.136 e. The van der Waals surface area contributed by atoms with Gasteiger partial charge in [0.15, 0.2) is 0 Å². The highest BCUT2D eigenvalue weighted by Gasteiger charge is 2.34. The number of nitrogens with zero attached hydrogens (tertiary/aromatic N) is 1. The van der Waals surface area contributed by atoms with Crippen molar-refractivity contribution in [1.82, 2.24) is 4.98 Å². The zero-order valence-electron chi connectivity index (χ0n) is 18.3. The first-order valence-corrected chi connectivity index (χ1v) is 10.6. The van der Waals surface area contributed by atoms with Gasteiger partial charge >= 0.3 is 0 Å². The SMILES string of the molecule is BC(B)(c1ccnc(-c2ccc3c(c2)oc2cc4ccccc4cc23)c1)C(C)(C)C. The summed E-state index contributed by atoms with van der Waals surface area (Å²) in [5.74, 6) is 0. The van der Waals surface area contributed by atoms with Crippen molar-refractivity contribution in [2.75, 3.05) is 0 Å². The van der Waals surface area contributed by atoms with E-state index in [0.29, 0.717) is 0 Å². The molecule has 3 aromatic carbocycles. The van der Waals surface area contributed by atoms with Gasteiger partial charge in [0.2, 0.25) is 0 Å². The lowest BCUT2D eigenvalue weighted by atomic mass is 9.41. The van der Waals surface area contributed by atoms with Crippen LogP contribution < -0.4 is 0 Å². The Bertz CT molecular complexity index is 1410. The summed E-state index contributed by atoms with van der Waals surface area (Å²) in [6, 6.07) is 23.6. The normalized spacial score (nSPS) is 12.8. The maximum atomic E-state index is 6.25. The van der Waals surface area contributed by atoms with Crippen molar-refractivity contribution in [3.8, 4) is 11.3 Å². The minimum absolute atomic E-state index is 0.0360. The topological polar surface area (TPSA) is 26.0 Å². The van der Waals surface area contributed by atoms with Gasteiger partial charge in [-0.2, -0.15) is 0 Å². The molecule has 4 heteroatoms. The number of benzene rings is 3. The molecular weight excluding hydrogens is 364 g/mol. The minimum atomic E-state index is 0.0360. The maximum absolute atomic E-state index is 6.25. The molecule has 0 saturated heterocycles. The van der Waals surface area contributed by atoms with Crippen LogP contribution in [0.25, 0.3) is 44.0 Å². The van der Waals surface area contributed by atoms with Gasteiger partial charge in [0, 0.05) is 22.5 Å². The first-order valence-electron chi connectivity index (χ1n) is 10.6. The highest BCUT2D eigenvalue weighted by molar-refractivity contribution is 6.40. The second kappa shape index (κ2) is 6.50. The highest BCUT2D eigenvalue weighted by Crippen LogP contribution is 2.38. The quantitative estimate of drug-likeness (QED) is 0.385. The molecule has 0 unspecified atom stereocenters. The average Bonchev–Trinajstić information content (AvgIpc) is 3.08. The fraction of sp³-hybridized carbons (Fsp3) is 0.192. The molecule has 146 valence electrons. The summed E-state index contributed by atoms with van der Waals surface area (Å²) in [5.41, 5.74) is 5.35. The van der Waals surface area contributed by atoms with Gasteiger partial charge in [0.1, 0.15) is 26.9 Å². The molecule has 5 aromatic rings. The van der Waals surface area contributed by atoms with E-state index < -0.39 is 0 Å². The van der Waals surface area contributed by atoms with E-state index in [1.807, 2.05) is 6.20 Å². The summed E-state index contributed by atoms with van der Waals surface area (Å²) in [6.45, 7) is 6.87. The third-order valence-electron chi connectivity index (χ3n) is 6.99. The summed E-state index contributed by atoms with van der Waals surface area (Å²) >= 11 is 0. The molecule has 0 fully saturated rings. The molecule has 2 nitrogen and oxygen atoms in total. The second-order valence-electron chi connectivity index (χ2n) is 9.81. The lowest BCUT2D eigenvalue weighted by molar-refractivity contribution is 0.358. The van der Waals surface area contributed by atoms with Crippen molar-refractivity contribution in [1.29, 1.82) is 0 Å². The van der Waals surface area contributed by atoms with Crippen LogP contribution in [0, 0.1) is 5.41 Å². The molecule has 0 N–H and O–H groups in total. The third-order valence-corrected chi connectivity index (χ3v) is 6.99. The van der Waals surface area contributed by atoms with Gasteiger partial charge < -0.3 is 4.42 Å². The summed E-state index contributed by atoms with van der Waals surface area (Å²) in [5, 5.41) is 4.77.